The van der Waals surface area contributed by atoms with Crippen molar-refractivity contribution in [2.45, 2.75) is 13.5 Å². The van der Waals surface area contributed by atoms with Gasteiger partial charge in [-0.05, 0) is 23.7 Å². The minimum atomic E-state index is -1.18. The Kier molecular flexibility index (Phi) is 4.22. The van der Waals surface area contributed by atoms with Crippen molar-refractivity contribution in [2.24, 2.45) is 0 Å². The molecule has 2 aromatic rings. The molecule has 1 N–H and O–H groups in total. The van der Waals surface area contributed by atoms with Crippen LogP contribution in [0.1, 0.15) is 12.5 Å². The molecule has 0 saturated heterocycles. The van der Waals surface area contributed by atoms with Crippen LogP contribution < -0.4 is 5.32 Å². The van der Waals surface area contributed by atoms with Crippen molar-refractivity contribution in [2.75, 3.05) is 6.54 Å². The van der Waals surface area contributed by atoms with Crippen LogP contribution in [-0.4, -0.2) is 6.54 Å². The van der Waals surface area contributed by atoms with E-state index in [9.17, 15) is 13.2 Å². The summed E-state index contributed by atoms with van der Waals surface area (Å²) in [5.74, 6) is -2.98. The Labute approximate surface area is 110 Å². The number of rotatable bonds is 4. The summed E-state index contributed by atoms with van der Waals surface area (Å²) in [6.07, 6.45) is 0. The van der Waals surface area contributed by atoms with Gasteiger partial charge in [0.15, 0.2) is 11.6 Å². The van der Waals surface area contributed by atoms with E-state index in [4.69, 9.17) is 0 Å². The monoisotopic (exact) mass is 265 g/mol. The van der Waals surface area contributed by atoms with Crippen LogP contribution in [0, 0.1) is 17.5 Å². The largest absolute Gasteiger partial charge is 0.313 e. The Hall–Kier alpha value is -1.81. The van der Waals surface area contributed by atoms with E-state index in [0.717, 1.165) is 18.2 Å². The van der Waals surface area contributed by atoms with Gasteiger partial charge in [-0.25, -0.2) is 13.2 Å². The van der Waals surface area contributed by atoms with Gasteiger partial charge in [0.2, 0.25) is 0 Å². The maximum absolute atomic E-state index is 13.8. The molecule has 0 atom stereocenters. The lowest BCUT2D eigenvalue weighted by atomic mass is 9.99. The molecular formula is C15H14F3N. The maximum Gasteiger partial charge on any atom is 0.161 e. The summed E-state index contributed by atoms with van der Waals surface area (Å²) in [5, 5.41) is 3.13. The van der Waals surface area contributed by atoms with Gasteiger partial charge in [-0.1, -0.05) is 31.2 Å². The summed E-state index contributed by atoms with van der Waals surface area (Å²) < 4.78 is 40.0. The van der Waals surface area contributed by atoms with Crippen LogP contribution in [0.5, 0.6) is 0 Å². The molecule has 2 rings (SSSR count). The van der Waals surface area contributed by atoms with Crippen LogP contribution in [0.15, 0.2) is 36.4 Å². The summed E-state index contributed by atoms with van der Waals surface area (Å²) >= 11 is 0. The second kappa shape index (κ2) is 5.89. The maximum atomic E-state index is 13.8. The molecule has 0 aromatic heterocycles. The number of hydrogen-bond donors (Lipinski definition) is 1. The fraction of sp³-hybridized carbons (Fsp3) is 0.200. The van der Waals surface area contributed by atoms with E-state index in [1.807, 2.05) is 19.1 Å². The second-order valence-corrected chi connectivity index (χ2v) is 4.18. The molecule has 0 aliphatic carbocycles. The smallest absolute Gasteiger partial charge is 0.161 e. The standard InChI is InChI=1S/C15H14F3N/c1-2-19-9-10-5-3-4-6-11(10)12-7-14(17)15(18)8-13(12)16/h3-8,19H,2,9H2,1H3. The molecule has 0 spiro atoms. The second-order valence-electron chi connectivity index (χ2n) is 4.18. The average Bonchev–Trinajstić information content (AvgIpc) is 2.41. The zero-order valence-electron chi connectivity index (χ0n) is 10.5. The van der Waals surface area contributed by atoms with Crippen LogP contribution in [0.3, 0.4) is 0 Å². The van der Waals surface area contributed by atoms with E-state index in [0.29, 0.717) is 18.2 Å². The van der Waals surface area contributed by atoms with Gasteiger partial charge in [0.05, 0.1) is 0 Å². The summed E-state index contributed by atoms with van der Waals surface area (Å²) in [6.45, 7) is 3.28. The van der Waals surface area contributed by atoms with Gasteiger partial charge in [0.25, 0.3) is 0 Å². The van der Waals surface area contributed by atoms with Crippen molar-refractivity contribution >= 4 is 0 Å². The van der Waals surface area contributed by atoms with Crippen molar-refractivity contribution in [3.63, 3.8) is 0 Å². The highest BCUT2D eigenvalue weighted by molar-refractivity contribution is 5.68. The molecule has 0 amide bonds. The summed E-state index contributed by atoms with van der Waals surface area (Å²) in [5.41, 5.74) is 1.49. The van der Waals surface area contributed by atoms with Crippen LogP contribution >= 0.6 is 0 Å². The van der Waals surface area contributed by atoms with Gasteiger partial charge in [-0.3, -0.25) is 0 Å². The van der Waals surface area contributed by atoms with Crippen LogP contribution in [0.2, 0.25) is 0 Å². The highest BCUT2D eigenvalue weighted by Crippen LogP contribution is 2.28. The minimum absolute atomic E-state index is 0.0763. The van der Waals surface area contributed by atoms with E-state index in [1.54, 1.807) is 12.1 Å². The average molecular weight is 265 g/mol. The highest BCUT2D eigenvalue weighted by atomic mass is 19.2. The van der Waals surface area contributed by atoms with Gasteiger partial charge >= 0.3 is 0 Å². The molecular weight excluding hydrogens is 251 g/mol. The number of benzene rings is 2. The highest BCUT2D eigenvalue weighted by Gasteiger charge is 2.13. The zero-order chi connectivity index (χ0) is 13.8. The molecule has 2 aromatic carbocycles. The molecule has 0 bridgehead atoms. The van der Waals surface area contributed by atoms with E-state index in [-0.39, 0.29) is 5.56 Å². The van der Waals surface area contributed by atoms with Crippen molar-refractivity contribution in [1.82, 2.24) is 5.32 Å². The minimum Gasteiger partial charge on any atom is -0.313 e. The van der Waals surface area contributed by atoms with Crippen molar-refractivity contribution in [3.05, 3.63) is 59.4 Å². The van der Waals surface area contributed by atoms with Crippen LogP contribution in [0.4, 0.5) is 13.2 Å². The first-order chi connectivity index (χ1) is 9.13. The molecule has 0 saturated carbocycles. The first kappa shape index (κ1) is 13.6. The Bertz CT molecular complexity index is 582. The van der Waals surface area contributed by atoms with Crippen molar-refractivity contribution in [1.29, 1.82) is 0 Å². The third-order valence-corrected chi connectivity index (χ3v) is 2.88. The molecule has 0 radical (unpaired) electrons. The molecule has 0 heterocycles. The van der Waals surface area contributed by atoms with Crippen LogP contribution in [0.25, 0.3) is 11.1 Å². The van der Waals surface area contributed by atoms with Crippen molar-refractivity contribution < 1.29 is 13.2 Å². The predicted octanol–water partition coefficient (Wildman–Crippen LogP) is 3.88. The Morgan fingerprint density at radius 3 is 2.32 bits per heavy atom. The first-order valence-corrected chi connectivity index (χ1v) is 6.07. The molecule has 0 unspecified atom stereocenters. The van der Waals surface area contributed by atoms with Gasteiger partial charge in [0.1, 0.15) is 5.82 Å². The Morgan fingerprint density at radius 2 is 1.58 bits per heavy atom. The zero-order valence-corrected chi connectivity index (χ0v) is 10.5. The predicted molar refractivity (Wildman–Crippen MR) is 69.1 cm³/mol. The lowest BCUT2D eigenvalue weighted by molar-refractivity contribution is 0.496. The molecule has 0 fully saturated rings. The number of halogens is 3. The normalized spacial score (nSPS) is 10.7. The van der Waals surface area contributed by atoms with Gasteiger partial charge < -0.3 is 5.32 Å². The molecule has 0 aliphatic rings. The van der Waals surface area contributed by atoms with E-state index in [2.05, 4.69) is 5.32 Å². The van der Waals surface area contributed by atoms with E-state index < -0.39 is 17.5 Å². The van der Waals surface area contributed by atoms with Gasteiger partial charge in [-0.2, -0.15) is 0 Å². The summed E-state index contributed by atoms with van der Waals surface area (Å²) in [6, 6.07) is 8.57. The Morgan fingerprint density at radius 1 is 0.895 bits per heavy atom. The summed E-state index contributed by atoms with van der Waals surface area (Å²) in [4.78, 5) is 0. The third kappa shape index (κ3) is 2.96. The SMILES string of the molecule is CCNCc1ccccc1-c1cc(F)c(F)cc1F. The summed E-state index contributed by atoms with van der Waals surface area (Å²) in [7, 11) is 0. The fourth-order valence-electron chi connectivity index (χ4n) is 1.93. The first-order valence-electron chi connectivity index (χ1n) is 6.07. The number of hydrogen-bond acceptors (Lipinski definition) is 1. The van der Waals surface area contributed by atoms with Crippen molar-refractivity contribution in [3.8, 4) is 11.1 Å². The molecule has 0 aliphatic heterocycles. The fourth-order valence-corrected chi connectivity index (χ4v) is 1.93. The molecule has 100 valence electrons. The lowest BCUT2D eigenvalue weighted by Gasteiger charge is -2.11. The quantitative estimate of drug-likeness (QED) is 0.827. The van der Waals surface area contributed by atoms with Gasteiger partial charge in [-0.15, -0.1) is 0 Å². The topological polar surface area (TPSA) is 12.0 Å². The van der Waals surface area contributed by atoms with Crippen LogP contribution in [-0.2, 0) is 6.54 Å². The molecule has 19 heavy (non-hydrogen) atoms. The molecule has 4 heteroatoms. The van der Waals surface area contributed by atoms with E-state index >= 15 is 0 Å². The van der Waals surface area contributed by atoms with E-state index in [1.165, 1.54) is 0 Å². The molecule has 1 nitrogen and oxygen atoms in total. The Balaban J connectivity index is 2.49. The van der Waals surface area contributed by atoms with Gasteiger partial charge in [0, 0.05) is 18.2 Å². The lowest BCUT2D eigenvalue weighted by Crippen LogP contribution is -2.12. The number of nitrogens with one attached hydrogen (secondary N) is 1. The third-order valence-electron chi connectivity index (χ3n) is 2.88.